The number of nitrogens with one attached hydrogen (secondary N) is 1. The van der Waals surface area contributed by atoms with Gasteiger partial charge in [0.2, 0.25) is 0 Å². The van der Waals surface area contributed by atoms with E-state index in [9.17, 15) is 0 Å². The average molecular weight is 258 g/mol. The molecule has 0 spiro atoms. The van der Waals surface area contributed by atoms with E-state index in [1.54, 1.807) is 6.07 Å². The van der Waals surface area contributed by atoms with E-state index in [2.05, 4.69) is 14.1 Å². The molecular weight excluding hydrogens is 250 g/mol. The van der Waals surface area contributed by atoms with Crippen LogP contribution >= 0.6 is 35.5 Å². The van der Waals surface area contributed by atoms with Crippen molar-refractivity contribution < 1.29 is 0 Å². The molecule has 0 saturated heterocycles. The van der Waals surface area contributed by atoms with E-state index >= 15 is 0 Å². The van der Waals surface area contributed by atoms with E-state index in [-0.39, 0.29) is 0 Å². The lowest BCUT2D eigenvalue weighted by Crippen LogP contribution is -2.07. The first kappa shape index (κ1) is 10.7. The van der Waals surface area contributed by atoms with Crippen molar-refractivity contribution in [2.24, 2.45) is 0 Å². The number of aromatic nitrogens is 2. The molecule has 1 aromatic heterocycles. The second kappa shape index (κ2) is 4.38. The maximum Gasteiger partial charge on any atom is 0.106 e. The molecule has 0 saturated carbocycles. The summed E-state index contributed by atoms with van der Waals surface area (Å²) in [6.45, 7) is 1.99. The molecule has 0 unspecified atom stereocenters. The summed E-state index contributed by atoms with van der Waals surface area (Å²) in [6.07, 6.45) is 0.791. The molecule has 1 aromatic carbocycles. The lowest BCUT2D eigenvalue weighted by Gasteiger charge is -2.07. The maximum absolute atomic E-state index is 6.08. The highest BCUT2D eigenvalue weighted by Gasteiger charge is 2.06. The van der Waals surface area contributed by atoms with E-state index < -0.39 is 0 Å². The van der Waals surface area contributed by atoms with Crippen molar-refractivity contribution in [2.75, 3.05) is 5.32 Å². The summed E-state index contributed by atoms with van der Waals surface area (Å²) in [5, 5.41) is 3.69. The van der Waals surface area contributed by atoms with Gasteiger partial charge in [0.05, 0.1) is 27.4 Å². The number of anilines is 1. The fourth-order valence-electron chi connectivity index (χ4n) is 1.14. The standard InChI is InChI=1S/C9H8ClN3S2/c1-2-9(14)11-6-4-8-7(3-5(6)10)12-15-13-8/h3-4H,2H2,1H3,(H,11,14). The molecule has 0 atom stereocenters. The fraction of sp³-hybridized carbons (Fsp3) is 0.222. The number of fused-ring (bicyclic) bond motifs is 1. The third-order valence-electron chi connectivity index (χ3n) is 1.94. The Morgan fingerprint density at radius 3 is 2.80 bits per heavy atom. The third kappa shape index (κ3) is 2.25. The van der Waals surface area contributed by atoms with Crippen molar-refractivity contribution in [3.63, 3.8) is 0 Å². The number of hydrogen-bond donors (Lipinski definition) is 1. The van der Waals surface area contributed by atoms with Gasteiger partial charge >= 0.3 is 0 Å². The molecule has 0 fully saturated rings. The van der Waals surface area contributed by atoms with Crippen molar-refractivity contribution in [3.8, 4) is 0 Å². The van der Waals surface area contributed by atoms with Crippen molar-refractivity contribution >= 4 is 57.3 Å². The Hall–Kier alpha value is -0.780. The molecule has 3 nitrogen and oxygen atoms in total. The normalized spacial score (nSPS) is 10.5. The zero-order chi connectivity index (χ0) is 10.8. The van der Waals surface area contributed by atoms with Gasteiger partial charge in [-0.05, 0) is 18.6 Å². The second-order valence-corrected chi connectivity index (χ2v) is 4.42. The summed E-state index contributed by atoms with van der Waals surface area (Å²) in [6, 6.07) is 3.66. The highest BCUT2D eigenvalue weighted by Crippen LogP contribution is 2.27. The summed E-state index contributed by atoms with van der Waals surface area (Å²) in [7, 11) is 0. The minimum absolute atomic E-state index is 0.617. The van der Waals surface area contributed by atoms with Gasteiger partial charge in [-0.1, -0.05) is 30.7 Å². The topological polar surface area (TPSA) is 37.8 Å². The van der Waals surface area contributed by atoms with Crippen LogP contribution in [-0.2, 0) is 0 Å². The van der Waals surface area contributed by atoms with Crippen LogP contribution < -0.4 is 5.32 Å². The summed E-state index contributed by atoms with van der Waals surface area (Å²) < 4.78 is 8.25. The predicted octanol–water partition coefficient (Wildman–Crippen LogP) is 3.49. The Bertz CT molecular complexity index is 509. The maximum atomic E-state index is 6.08. The third-order valence-corrected chi connectivity index (χ3v) is 3.20. The molecule has 15 heavy (non-hydrogen) atoms. The summed E-state index contributed by atoms with van der Waals surface area (Å²) in [5.74, 6) is 0. The Kier molecular flexibility index (Phi) is 3.14. The van der Waals surface area contributed by atoms with E-state index in [1.807, 2.05) is 13.0 Å². The van der Waals surface area contributed by atoms with Crippen LogP contribution in [-0.4, -0.2) is 13.7 Å². The zero-order valence-electron chi connectivity index (χ0n) is 7.95. The fourth-order valence-corrected chi connectivity index (χ4v) is 1.96. The van der Waals surface area contributed by atoms with Crippen LogP contribution in [0.15, 0.2) is 12.1 Å². The quantitative estimate of drug-likeness (QED) is 0.836. The highest BCUT2D eigenvalue weighted by atomic mass is 35.5. The van der Waals surface area contributed by atoms with Gasteiger partial charge in [-0.2, -0.15) is 8.75 Å². The average Bonchev–Trinajstić information content (AvgIpc) is 2.65. The van der Waals surface area contributed by atoms with Crippen LogP contribution in [0, 0.1) is 0 Å². The number of hydrogen-bond acceptors (Lipinski definition) is 4. The van der Waals surface area contributed by atoms with Gasteiger partial charge in [0.25, 0.3) is 0 Å². The molecule has 2 rings (SSSR count). The number of thiocarbonyl (C=S) groups is 1. The van der Waals surface area contributed by atoms with Crippen LogP contribution in [0.3, 0.4) is 0 Å². The molecule has 78 valence electrons. The Morgan fingerprint density at radius 2 is 2.13 bits per heavy atom. The molecule has 1 heterocycles. The van der Waals surface area contributed by atoms with Crippen molar-refractivity contribution in [1.29, 1.82) is 0 Å². The van der Waals surface area contributed by atoms with Gasteiger partial charge in [0.1, 0.15) is 11.0 Å². The molecule has 0 bridgehead atoms. The van der Waals surface area contributed by atoms with Crippen LogP contribution in [0.25, 0.3) is 11.0 Å². The number of nitrogens with zero attached hydrogens (tertiary/aromatic N) is 2. The number of benzene rings is 1. The molecular formula is C9H8ClN3S2. The van der Waals surface area contributed by atoms with E-state index in [0.29, 0.717) is 5.02 Å². The molecule has 6 heteroatoms. The Labute approximate surface area is 102 Å². The smallest absolute Gasteiger partial charge is 0.106 e. The number of halogens is 1. The largest absolute Gasteiger partial charge is 0.349 e. The Morgan fingerprint density at radius 1 is 1.47 bits per heavy atom. The SMILES string of the molecule is CCC(=S)Nc1cc2nsnc2cc1Cl. The molecule has 1 N–H and O–H groups in total. The van der Waals surface area contributed by atoms with Gasteiger partial charge in [-0.3, -0.25) is 0 Å². The molecule has 0 aliphatic heterocycles. The van der Waals surface area contributed by atoms with Crippen molar-refractivity contribution in [3.05, 3.63) is 17.2 Å². The van der Waals surface area contributed by atoms with Gasteiger partial charge < -0.3 is 5.32 Å². The first-order valence-corrected chi connectivity index (χ1v) is 5.94. The first-order valence-electron chi connectivity index (χ1n) is 4.42. The van der Waals surface area contributed by atoms with Crippen molar-refractivity contribution in [1.82, 2.24) is 8.75 Å². The lowest BCUT2D eigenvalue weighted by molar-refractivity contribution is 1.31. The molecule has 2 aromatic rings. The van der Waals surface area contributed by atoms with Gasteiger partial charge in [0, 0.05) is 0 Å². The Balaban J connectivity index is 2.41. The van der Waals surface area contributed by atoms with Gasteiger partial charge in [-0.25, -0.2) is 0 Å². The lowest BCUT2D eigenvalue weighted by atomic mass is 10.2. The zero-order valence-corrected chi connectivity index (χ0v) is 10.3. The van der Waals surface area contributed by atoms with Crippen LogP contribution in [0.2, 0.25) is 5.02 Å². The molecule has 0 radical (unpaired) electrons. The second-order valence-electron chi connectivity index (χ2n) is 2.99. The molecule has 0 aliphatic carbocycles. The summed E-state index contributed by atoms with van der Waals surface area (Å²) in [5.41, 5.74) is 2.45. The summed E-state index contributed by atoms with van der Waals surface area (Å²) in [4.78, 5) is 0.763. The van der Waals surface area contributed by atoms with Crippen molar-refractivity contribution in [2.45, 2.75) is 13.3 Å². The highest BCUT2D eigenvalue weighted by molar-refractivity contribution is 7.80. The van der Waals surface area contributed by atoms with Gasteiger partial charge in [-0.15, -0.1) is 0 Å². The van der Waals surface area contributed by atoms with E-state index in [4.69, 9.17) is 23.8 Å². The van der Waals surface area contributed by atoms with Crippen LogP contribution in [0.1, 0.15) is 13.3 Å². The molecule has 0 aliphatic rings. The van der Waals surface area contributed by atoms with Crippen LogP contribution in [0.4, 0.5) is 5.69 Å². The van der Waals surface area contributed by atoms with E-state index in [1.165, 1.54) is 11.7 Å². The van der Waals surface area contributed by atoms with Gasteiger partial charge in [0.15, 0.2) is 0 Å². The summed E-state index contributed by atoms with van der Waals surface area (Å²) >= 11 is 12.3. The monoisotopic (exact) mass is 257 g/mol. The first-order chi connectivity index (χ1) is 7.20. The predicted molar refractivity (Wildman–Crippen MR) is 68.9 cm³/mol. The number of rotatable bonds is 2. The minimum atomic E-state index is 0.617. The van der Waals surface area contributed by atoms with E-state index in [0.717, 1.165) is 28.1 Å². The molecule has 0 amide bonds. The van der Waals surface area contributed by atoms with Crippen LogP contribution in [0.5, 0.6) is 0 Å². The minimum Gasteiger partial charge on any atom is -0.349 e.